The van der Waals surface area contributed by atoms with E-state index in [0.717, 1.165) is 5.92 Å². The maximum Gasteiger partial charge on any atom is 0.0341 e. The highest BCUT2D eigenvalue weighted by atomic mass is 15.2. The van der Waals surface area contributed by atoms with Crippen LogP contribution in [0.4, 0.5) is 0 Å². The van der Waals surface area contributed by atoms with Crippen molar-refractivity contribution in [2.24, 2.45) is 5.92 Å². The van der Waals surface area contributed by atoms with Crippen molar-refractivity contribution in [2.45, 2.75) is 25.8 Å². The summed E-state index contributed by atoms with van der Waals surface area (Å²) in [5.41, 5.74) is 0.384. The summed E-state index contributed by atoms with van der Waals surface area (Å²) in [4.78, 5) is 2.40. The molecule has 1 saturated heterocycles. The summed E-state index contributed by atoms with van der Waals surface area (Å²) in [7, 11) is 4.28. The van der Waals surface area contributed by atoms with Crippen LogP contribution in [-0.4, -0.2) is 37.6 Å². The highest BCUT2D eigenvalue weighted by Crippen LogP contribution is 2.27. The van der Waals surface area contributed by atoms with Gasteiger partial charge in [-0.2, -0.15) is 0 Å². The molecule has 0 saturated carbocycles. The molecule has 2 heteroatoms. The van der Waals surface area contributed by atoms with Gasteiger partial charge in [0.15, 0.2) is 0 Å². The van der Waals surface area contributed by atoms with E-state index in [1.807, 2.05) is 0 Å². The van der Waals surface area contributed by atoms with Crippen molar-refractivity contribution in [3.05, 3.63) is 0 Å². The summed E-state index contributed by atoms with van der Waals surface area (Å²) < 4.78 is 0. The first-order valence-corrected chi connectivity index (χ1v) is 4.48. The van der Waals surface area contributed by atoms with E-state index in [-0.39, 0.29) is 0 Å². The van der Waals surface area contributed by atoms with E-state index in [4.69, 9.17) is 0 Å². The standard InChI is InChI=1S/C9H20N2/c1-8(2)9(10-3)5-6-11(4)7-9/h8,10H,5-7H2,1-4H3/t9-/m1/s1. The predicted molar refractivity (Wildman–Crippen MR) is 48.7 cm³/mol. The fraction of sp³-hybridized carbons (Fsp3) is 1.00. The Labute approximate surface area is 70.0 Å². The molecule has 0 spiro atoms. The SMILES string of the molecule is CN[C@]1(C(C)C)CCN(C)C1. The molecular formula is C9H20N2. The molecule has 1 atom stereocenters. The van der Waals surface area contributed by atoms with Crippen molar-refractivity contribution in [3.8, 4) is 0 Å². The minimum atomic E-state index is 0.384. The maximum atomic E-state index is 3.47. The summed E-state index contributed by atoms with van der Waals surface area (Å²) in [6, 6.07) is 0. The first-order chi connectivity index (χ1) is 5.10. The van der Waals surface area contributed by atoms with E-state index < -0.39 is 0 Å². The Kier molecular flexibility index (Phi) is 2.55. The lowest BCUT2D eigenvalue weighted by Gasteiger charge is -2.33. The molecule has 2 nitrogen and oxygen atoms in total. The normalized spacial score (nSPS) is 33.5. The highest BCUT2D eigenvalue weighted by Gasteiger charge is 2.37. The van der Waals surface area contributed by atoms with Crippen LogP contribution in [0.3, 0.4) is 0 Å². The van der Waals surface area contributed by atoms with E-state index in [1.165, 1.54) is 19.5 Å². The number of likely N-dealkylation sites (N-methyl/N-ethyl adjacent to an activating group) is 2. The Morgan fingerprint density at radius 1 is 1.45 bits per heavy atom. The van der Waals surface area contributed by atoms with Gasteiger partial charge in [-0.05, 0) is 33.0 Å². The van der Waals surface area contributed by atoms with E-state index in [2.05, 4.69) is 38.2 Å². The Balaban J connectivity index is 2.62. The van der Waals surface area contributed by atoms with E-state index in [0.29, 0.717) is 5.54 Å². The van der Waals surface area contributed by atoms with Crippen molar-refractivity contribution in [3.63, 3.8) is 0 Å². The Morgan fingerprint density at radius 3 is 2.27 bits per heavy atom. The van der Waals surface area contributed by atoms with Gasteiger partial charge < -0.3 is 10.2 Å². The van der Waals surface area contributed by atoms with Crippen LogP contribution < -0.4 is 5.32 Å². The molecule has 1 N–H and O–H groups in total. The van der Waals surface area contributed by atoms with Crippen molar-refractivity contribution < 1.29 is 0 Å². The molecule has 1 rings (SSSR count). The zero-order valence-electron chi connectivity index (χ0n) is 8.15. The van der Waals surface area contributed by atoms with Crippen LogP contribution in [0.1, 0.15) is 20.3 Å². The molecule has 1 aliphatic rings. The summed E-state index contributed by atoms with van der Waals surface area (Å²) in [6.45, 7) is 7.03. The number of nitrogens with one attached hydrogen (secondary N) is 1. The third-order valence-electron chi connectivity index (χ3n) is 3.09. The Hall–Kier alpha value is -0.0800. The van der Waals surface area contributed by atoms with Crippen LogP contribution in [0.15, 0.2) is 0 Å². The van der Waals surface area contributed by atoms with Gasteiger partial charge in [0.05, 0.1) is 0 Å². The number of hydrogen-bond donors (Lipinski definition) is 1. The largest absolute Gasteiger partial charge is 0.313 e. The van der Waals surface area contributed by atoms with Crippen LogP contribution >= 0.6 is 0 Å². The van der Waals surface area contributed by atoms with Crippen LogP contribution in [0.5, 0.6) is 0 Å². The minimum Gasteiger partial charge on any atom is -0.313 e. The van der Waals surface area contributed by atoms with Crippen LogP contribution in [0.25, 0.3) is 0 Å². The van der Waals surface area contributed by atoms with Crippen molar-refractivity contribution in [1.82, 2.24) is 10.2 Å². The van der Waals surface area contributed by atoms with E-state index in [9.17, 15) is 0 Å². The zero-order valence-corrected chi connectivity index (χ0v) is 8.15. The zero-order chi connectivity index (χ0) is 8.48. The first kappa shape index (κ1) is 9.01. The fourth-order valence-electron chi connectivity index (χ4n) is 1.99. The second-order valence-electron chi connectivity index (χ2n) is 4.05. The molecule has 0 aromatic carbocycles. The van der Waals surface area contributed by atoms with Gasteiger partial charge in [-0.15, -0.1) is 0 Å². The predicted octanol–water partition coefficient (Wildman–Crippen LogP) is 0.936. The second kappa shape index (κ2) is 3.11. The van der Waals surface area contributed by atoms with Gasteiger partial charge in [0.2, 0.25) is 0 Å². The van der Waals surface area contributed by atoms with Crippen LogP contribution in [0.2, 0.25) is 0 Å². The average molecular weight is 156 g/mol. The number of rotatable bonds is 2. The Morgan fingerprint density at radius 2 is 2.09 bits per heavy atom. The van der Waals surface area contributed by atoms with Gasteiger partial charge >= 0.3 is 0 Å². The molecule has 0 aromatic rings. The van der Waals surface area contributed by atoms with E-state index in [1.54, 1.807) is 0 Å². The summed E-state index contributed by atoms with van der Waals surface area (Å²) in [6.07, 6.45) is 1.29. The molecule has 0 bridgehead atoms. The number of likely N-dealkylation sites (tertiary alicyclic amines) is 1. The third kappa shape index (κ3) is 1.57. The summed E-state index contributed by atoms with van der Waals surface area (Å²) in [5.74, 6) is 0.734. The molecule has 0 aromatic heterocycles. The molecule has 11 heavy (non-hydrogen) atoms. The van der Waals surface area contributed by atoms with Gasteiger partial charge in [0.25, 0.3) is 0 Å². The second-order valence-corrected chi connectivity index (χ2v) is 4.05. The molecule has 1 heterocycles. The van der Waals surface area contributed by atoms with Gasteiger partial charge in [0.1, 0.15) is 0 Å². The van der Waals surface area contributed by atoms with Gasteiger partial charge in [-0.1, -0.05) is 13.8 Å². The van der Waals surface area contributed by atoms with Gasteiger partial charge in [-0.25, -0.2) is 0 Å². The van der Waals surface area contributed by atoms with Crippen LogP contribution in [-0.2, 0) is 0 Å². The summed E-state index contributed by atoms with van der Waals surface area (Å²) in [5, 5.41) is 3.47. The molecule has 0 amide bonds. The third-order valence-corrected chi connectivity index (χ3v) is 3.09. The number of hydrogen-bond acceptors (Lipinski definition) is 2. The lowest BCUT2D eigenvalue weighted by atomic mass is 9.86. The number of nitrogens with zero attached hydrogens (tertiary/aromatic N) is 1. The topological polar surface area (TPSA) is 15.3 Å². The molecule has 1 aliphatic heterocycles. The molecular weight excluding hydrogens is 136 g/mol. The van der Waals surface area contributed by atoms with Crippen molar-refractivity contribution in [2.75, 3.05) is 27.2 Å². The fourth-order valence-corrected chi connectivity index (χ4v) is 1.99. The smallest absolute Gasteiger partial charge is 0.0341 e. The van der Waals surface area contributed by atoms with Gasteiger partial charge in [0, 0.05) is 12.1 Å². The Bertz CT molecular complexity index is 134. The van der Waals surface area contributed by atoms with Crippen LogP contribution in [0, 0.1) is 5.92 Å². The highest BCUT2D eigenvalue weighted by molar-refractivity contribution is 4.97. The lowest BCUT2D eigenvalue weighted by Crippen LogP contribution is -2.49. The molecule has 0 radical (unpaired) electrons. The van der Waals surface area contributed by atoms with E-state index >= 15 is 0 Å². The molecule has 0 unspecified atom stereocenters. The quantitative estimate of drug-likeness (QED) is 0.640. The molecule has 0 aliphatic carbocycles. The molecule has 1 fully saturated rings. The monoisotopic (exact) mass is 156 g/mol. The minimum absolute atomic E-state index is 0.384. The average Bonchev–Trinajstić information content (AvgIpc) is 2.33. The molecule has 66 valence electrons. The van der Waals surface area contributed by atoms with Crippen molar-refractivity contribution >= 4 is 0 Å². The first-order valence-electron chi connectivity index (χ1n) is 4.48. The maximum absolute atomic E-state index is 3.47. The lowest BCUT2D eigenvalue weighted by molar-refractivity contribution is 0.252. The van der Waals surface area contributed by atoms with Crippen molar-refractivity contribution in [1.29, 1.82) is 0 Å². The van der Waals surface area contributed by atoms with Gasteiger partial charge in [-0.3, -0.25) is 0 Å². The summed E-state index contributed by atoms with van der Waals surface area (Å²) >= 11 is 0.